The van der Waals surface area contributed by atoms with Gasteiger partial charge < -0.3 is 14.8 Å². The number of rotatable bonds is 4. The van der Waals surface area contributed by atoms with Gasteiger partial charge in [-0.2, -0.15) is 0 Å². The van der Waals surface area contributed by atoms with Crippen LogP contribution in [0.25, 0.3) is 0 Å². The topological polar surface area (TPSA) is 59.9 Å². The summed E-state index contributed by atoms with van der Waals surface area (Å²) in [6.45, 7) is 5.55. The normalized spacial score (nSPS) is 17.7. The summed E-state index contributed by atoms with van der Waals surface area (Å²) in [6.07, 6.45) is 1.77. The Morgan fingerprint density at radius 1 is 1.30 bits per heavy atom. The molecule has 0 fully saturated rings. The van der Waals surface area contributed by atoms with Gasteiger partial charge in [0.1, 0.15) is 11.8 Å². The summed E-state index contributed by atoms with van der Waals surface area (Å²) in [5.74, 6) is 0.429. The highest BCUT2D eigenvalue weighted by atomic mass is 32.2. The third-order valence-electron chi connectivity index (χ3n) is 3.41. The van der Waals surface area contributed by atoms with Crippen LogP contribution in [0.15, 0.2) is 40.5 Å². The van der Waals surface area contributed by atoms with Gasteiger partial charge in [0.05, 0.1) is 18.8 Å². The van der Waals surface area contributed by atoms with E-state index in [9.17, 15) is 4.79 Å². The smallest absolute Gasteiger partial charge is 0.338 e. The number of aliphatic imine (C=N–C) groups is 1. The number of amidine groups is 1. The lowest BCUT2D eigenvalue weighted by Gasteiger charge is -2.26. The number of hydrogen-bond donors (Lipinski definition) is 1. The van der Waals surface area contributed by atoms with E-state index >= 15 is 0 Å². The van der Waals surface area contributed by atoms with Gasteiger partial charge >= 0.3 is 5.97 Å². The number of carbonyl (C=O) groups is 1. The molecule has 2 rings (SSSR count). The molecule has 0 saturated heterocycles. The minimum absolute atomic E-state index is 0.176. The van der Waals surface area contributed by atoms with Crippen molar-refractivity contribution in [2.24, 2.45) is 4.99 Å². The van der Waals surface area contributed by atoms with Crippen LogP contribution in [0, 0.1) is 0 Å². The molecule has 0 bridgehead atoms. The number of thioether (sulfide) groups is 1. The monoisotopic (exact) mass is 334 g/mol. The molecule has 1 unspecified atom stereocenters. The van der Waals surface area contributed by atoms with Gasteiger partial charge in [-0.3, -0.25) is 0 Å². The predicted octanol–water partition coefficient (Wildman–Crippen LogP) is 3.28. The first-order valence-corrected chi connectivity index (χ1v) is 8.63. The van der Waals surface area contributed by atoms with Crippen molar-refractivity contribution >= 4 is 22.9 Å². The molecule has 0 radical (unpaired) electrons. The van der Waals surface area contributed by atoms with Crippen molar-refractivity contribution in [3.63, 3.8) is 0 Å². The lowest BCUT2D eigenvalue weighted by molar-refractivity contribution is -0.143. The molecule has 0 amide bonds. The first-order chi connectivity index (χ1) is 11.0. The van der Waals surface area contributed by atoms with Crippen LogP contribution in [0.1, 0.15) is 32.4 Å². The summed E-state index contributed by atoms with van der Waals surface area (Å²) >= 11 is 1.51. The zero-order valence-electron chi connectivity index (χ0n) is 14.0. The van der Waals surface area contributed by atoms with Crippen LogP contribution in [0.5, 0.6) is 5.75 Å². The second-order valence-electron chi connectivity index (χ2n) is 5.43. The average molecular weight is 334 g/mol. The Morgan fingerprint density at radius 2 is 1.96 bits per heavy atom. The fourth-order valence-electron chi connectivity index (χ4n) is 2.32. The number of carbonyl (C=O) groups excluding carboxylic acids is 1. The largest absolute Gasteiger partial charge is 0.497 e. The third-order valence-corrected chi connectivity index (χ3v) is 4.00. The molecular formula is C17H22N2O3S. The fourth-order valence-corrected chi connectivity index (χ4v) is 2.79. The van der Waals surface area contributed by atoms with Gasteiger partial charge in [0.25, 0.3) is 0 Å². The average Bonchev–Trinajstić information content (AvgIpc) is 2.53. The number of hydrogen-bond acceptors (Lipinski definition) is 6. The number of esters is 1. The lowest BCUT2D eigenvalue weighted by Crippen LogP contribution is -2.31. The zero-order chi connectivity index (χ0) is 17.0. The second-order valence-corrected chi connectivity index (χ2v) is 6.23. The molecule has 1 atom stereocenters. The summed E-state index contributed by atoms with van der Waals surface area (Å²) < 4.78 is 10.6. The molecule has 124 valence electrons. The summed E-state index contributed by atoms with van der Waals surface area (Å²) in [6, 6.07) is 7.20. The highest BCUT2D eigenvalue weighted by Crippen LogP contribution is 2.33. The number of benzene rings is 1. The molecule has 0 aliphatic carbocycles. The van der Waals surface area contributed by atoms with E-state index in [-0.39, 0.29) is 18.1 Å². The molecule has 0 aromatic heterocycles. The van der Waals surface area contributed by atoms with E-state index < -0.39 is 0 Å². The van der Waals surface area contributed by atoms with E-state index in [2.05, 4.69) is 10.3 Å². The maximum absolute atomic E-state index is 12.5. The van der Waals surface area contributed by atoms with Crippen molar-refractivity contribution in [2.45, 2.75) is 32.9 Å². The van der Waals surface area contributed by atoms with Crippen molar-refractivity contribution in [3.05, 3.63) is 41.1 Å². The van der Waals surface area contributed by atoms with Gasteiger partial charge in [-0.1, -0.05) is 23.9 Å². The lowest BCUT2D eigenvalue weighted by atomic mass is 9.96. The molecule has 23 heavy (non-hydrogen) atoms. The van der Waals surface area contributed by atoms with E-state index in [0.717, 1.165) is 22.2 Å². The van der Waals surface area contributed by atoms with Crippen LogP contribution >= 0.6 is 11.8 Å². The van der Waals surface area contributed by atoms with Gasteiger partial charge in [-0.15, -0.1) is 0 Å². The first kappa shape index (κ1) is 17.4. The van der Waals surface area contributed by atoms with Crippen LogP contribution < -0.4 is 10.1 Å². The summed E-state index contributed by atoms with van der Waals surface area (Å²) in [7, 11) is 1.62. The van der Waals surface area contributed by atoms with Crippen molar-refractivity contribution < 1.29 is 14.3 Å². The Hall–Kier alpha value is -1.95. The molecule has 0 saturated carbocycles. The molecule has 5 nitrogen and oxygen atoms in total. The molecule has 1 aliphatic rings. The highest BCUT2D eigenvalue weighted by Gasteiger charge is 2.30. The van der Waals surface area contributed by atoms with Gasteiger partial charge in [-0.05, 0) is 44.7 Å². The summed E-state index contributed by atoms with van der Waals surface area (Å²) in [5.41, 5.74) is 2.24. The van der Waals surface area contributed by atoms with Gasteiger partial charge in [0, 0.05) is 5.70 Å². The third kappa shape index (κ3) is 4.07. The highest BCUT2D eigenvalue weighted by molar-refractivity contribution is 8.13. The fraction of sp³-hybridized carbons (Fsp3) is 0.412. The Morgan fingerprint density at radius 3 is 2.48 bits per heavy atom. The van der Waals surface area contributed by atoms with E-state index in [4.69, 9.17) is 9.47 Å². The SMILES string of the molecule is COc1ccc(C2N=C(SC)NC(C)=C2C(=O)OC(C)C)cc1. The molecule has 0 spiro atoms. The Labute approximate surface area is 141 Å². The van der Waals surface area contributed by atoms with E-state index in [1.165, 1.54) is 11.8 Å². The van der Waals surface area contributed by atoms with Crippen molar-refractivity contribution in [3.8, 4) is 5.75 Å². The zero-order valence-corrected chi connectivity index (χ0v) is 14.9. The number of allylic oxidation sites excluding steroid dienone is 1. The van der Waals surface area contributed by atoms with Crippen molar-refractivity contribution in [1.82, 2.24) is 5.32 Å². The number of methoxy groups -OCH3 is 1. The van der Waals surface area contributed by atoms with E-state index in [1.807, 2.05) is 51.3 Å². The van der Waals surface area contributed by atoms with Crippen LogP contribution in [0.4, 0.5) is 0 Å². The van der Waals surface area contributed by atoms with Gasteiger partial charge in [0.2, 0.25) is 0 Å². The number of nitrogens with zero attached hydrogens (tertiary/aromatic N) is 1. The molecule has 6 heteroatoms. The quantitative estimate of drug-likeness (QED) is 0.856. The van der Waals surface area contributed by atoms with Crippen molar-refractivity contribution in [2.75, 3.05) is 13.4 Å². The van der Waals surface area contributed by atoms with Crippen LogP contribution in [-0.4, -0.2) is 30.6 Å². The minimum Gasteiger partial charge on any atom is -0.497 e. The predicted molar refractivity (Wildman–Crippen MR) is 93.7 cm³/mol. The molecule has 1 heterocycles. The van der Waals surface area contributed by atoms with Crippen molar-refractivity contribution in [1.29, 1.82) is 0 Å². The van der Waals surface area contributed by atoms with E-state index in [1.54, 1.807) is 7.11 Å². The molecule has 1 aliphatic heterocycles. The second kappa shape index (κ2) is 7.55. The van der Waals surface area contributed by atoms with Crippen LogP contribution in [-0.2, 0) is 9.53 Å². The maximum Gasteiger partial charge on any atom is 0.338 e. The number of ether oxygens (including phenoxy) is 2. The maximum atomic E-state index is 12.5. The number of nitrogens with one attached hydrogen (secondary N) is 1. The molecule has 1 N–H and O–H groups in total. The standard InChI is InChI=1S/C17H22N2O3S/c1-10(2)22-16(20)14-11(3)18-17(23-5)19-15(14)12-6-8-13(21-4)9-7-12/h6-10,15H,1-5H3,(H,18,19). The van der Waals surface area contributed by atoms with Crippen LogP contribution in [0.2, 0.25) is 0 Å². The van der Waals surface area contributed by atoms with E-state index in [0.29, 0.717) is 5.57 Å². The van der Waals surface area contributed by atoms with Gasteiger partial charge in [-0.25, -0.2) is 9.79 Å². The first-order valence-electron chi connectivity index (χ1n) is 7.40. The minimum atomic E-state index is -0.379. The van der Waals surface area contributed by atoms with Crippen LogP contribution in [0.3, 0.4) is 0 Å². The molecular weight excluding hydrogens is 312 g/mol. The summed E-state index contributed by atoms with van der Waals surface area (Å²) in [4.78, 5) is 17.2. The summed E-state index contributed by atoms with van der Waals surface area (Å²) in [5, 5.41) is 3.94. The van der Waals surface area contributed by atoms with Gasteiger partial charge in [0.15, 0.2) is 5.17 Å². The Bertz CT molecular complexity index is 636. The Kier molecular flexibility index (Phi) is 5.71. The molecule has 1 aromatic rings. The Balaban J connectivity index is 2.41. The molecule has 1 aromatic carbocycles.